The Bertz CT molecular complexity index is 92.9. The standard InChI is InChI=1S/C10H23BrN2/c1-3-8-13(9-4-2)10-7-12-6-5-11/h12H,3-10H2,1-2H3. The third-order valence-electron chi connectivity index (χ3n) is 1.96. The maximum atomic E-state index is 3.40. The predicted molar refractivity (Wildman–Crippen MR) is 63.7 cm³/mol. The van der Waals surface area contributed by atoms with E-state index < -0.39 is 0 Å². The zero-order chi connectivity index (χ0) is 9.94. The fraction of sp³-hybridized carbons (Fsp3) is 1.00. The third kappa shape index (κ3) is 8.72. The van der Waals surface area contributed by atoms with Crippen LogP contribution < -0.4 is 5.32 Å². The number of hydrogen-bond acceptors (Lipinski definition) is 2. The van der Waals surface area contributed by atoms with Crippen molar-refractivity contribution in [3.8, 4) is 0 Å². The summed E-state index contributed by atoms with van der Waals surface area (Å²) in [5.74, 6) is 0. The summed E-state index contributed by atoms with van der Waals surface area (Å²) in [6.07, 6.45) is 2.52. The van der Waals surface area contributed by atoms with Crippen LogP contribution in [0.25, 0.3) is 0 Å². The topological polar surface area (TPSA) is 15.3 Å². The molecule has 0 aromatic carbocycles. The SMILES string of the molecule is CCCN(CCC)CCNCCBr. The lowest BCUT2D eigenvalue weighted by Crippen LogP contribution is -2.33. The first kappa shape index (κ1) is 13.4. The molecule has 1 N–H and O–H groups in total. The van der Waals surface area contributed by atoms with Gasteiger partial charge in [0.1, 0.15) is 0 Å². The Morgan fingerprint density at radius 3 is 2.08 bits per heavy atom. The monoisotopic (exact) mass is 250 g/mol. The van der Waals surface area contributed by atoms with Crippen molar-refractivity contribution in [3.05, 3.63) is 0 Å². The number of nitrogens with zero attached hydrogens (tertiary/aromatic N) is 1. The highest BCUT2D eigenvalue weighted by Gasteiger charge is 2.00. The molecule has 2 nitrogen and oxygen atoms in total. The van der Waals surface area contributed by atoms with E-state index in [2.05, 4.69) is 40.0 Å². The van der Waals surface area contributed by atoms with Crippen molar-refractivity contribution < 1.29 is 0 Å². The second-order valence-corrected chi connectivity index (χ2v) is 4.07. The molecule has 0 aliphatic heterocycles. The summed E-state index contributed by atoms with van der Waals surface area (Å²) < 4.78 is 0. The van der Waals surface area contributed by atoms with Crippen LogP contribution in [0.2, 0.25) is 0 Å². The first-order chi connectivity index (χ1) is 6.35. The van der Waals surface area contributed by atoms with Gasteiger partial charge >= 0.3 is 0 Å². The molecule has 0 spiro atoms. The highest BCUT2D eigenvalue weighted by molar-refractivity contribution is 9.09. The summed E-state index contributed by atoms with van der Waals surface area (Å²) in [6.45, 7) is 10.4. The molecule has 0 aromatic heterocycles. The van der Waals surface area contributed by atoms with Crippen molar-refractivity contribution in [1.82, 2.24) is 10.2 Å². The van der Waals surface area contributed by atoms with E-state index in [0.717, 1.165) is 18.4 Å². The van der Waals surface area contributed by atoms with Crippen LogP contribution in [0.15, 0.2) is 0 Å². The Morgan fingerprint density at radius 2 is 1.62 bits per heavy atom. The fourth-order valence-electron chi connectivity index (χ4n) is 1.40. The van der Waals surface area contributed by atoms with E-state index in [1.807, 2.05) is 0 Å². The number of rotatable bonds is 9. The minimum Gasteiger partial charge on any atom is -0.315 e. The van der Waals surface area contributed by atoms with Gasteiger partial charge in [-0.05, 0) is 25.9 Å². The van der Waals surface area contributed by atoms with Crippen molar-refractivity contribution in [2.24, 2.45) is 0 Å². The van der Waals surface area contributed by atoms with E-state index in [4.69, 9.17) is 0 Å². The number of nitrogens with one attached hydrogen (secondary N) is 1. The summed E-state index contributed by atoms with van der Waals surface area (Å²) in [5.41, 5.74) is 0. The molecule has 0 rings (SSSR count). The highest BCUT2D eigenvalue weighted by atomic mass is 79.9. The molecule has 0 atom stereocenters. The molecule has 0 radical (unpaired) electrons. The zero-order valence-electron chi connectivity index (χ0n) is 8.98. The molecule has 0 bridgehead atoms. The highest BCUT2D eigenvalue weighted by Crippen LogP contribution is 1.92. The maximum absolute atomic E-state index is 3.40. The normalized spacial score (nSPS) is 11.1. The summed E-state index contributed by atoms with van der Waals surface area (Å²) >= 11 is 3.40. The minimum atomic E-state index is 1.05. The fourth-order valence-corrected chi connectivity index (χ4v) is 1.68. The molecule has 13 heavy (non-hydrogen) atoms. The van der Waals surface area contributed by atoms with Crippen LogP contribution in [-0.4, -0.2) is 43.0 Å². The van der Waals surface area contributed by atoms with Gasteiger partial charge in [0, 0.05) is 25.0 Å². The largest absolute Gasteiger partial charge is 0.315 e. The Labute approximate surface area is 91.2 Å². The molecule has 0 amide bonds. The first-order valence-electron chi connectivity index (χ1n) is 5.34. The van der Waals surface area contributed by atoms with Crippen molar-refractivity contribution in [1.29, 1.82) is 0 Å². The molecule has 80 valence electrons. The average Bonchev–Trinajstić information content (AvgIpc) is 2.13. The van der Waals surface area contributed by atoms with Crippen LogP contribution >= 0.6 is 15.9 Å². The van der Waals surface area contributed by atoms with Crippen molar-refractivity contribution in [3.63, 3.8) is 0 Å². The van der Waals surface area contributed by atoms with Gasteiger partial charge in [-0.25, -0.2) is 0 Å². The second-order valence-electron chi connectivity index (χ2n) is 3.28. The van der Waals surface area contributed by atoms with Crippen LogP contribution in [0.1, 0.15) is 26.7 Å². The Hall–Kier alpha value is 0.400. The van der Waals surface area contributed by atoms with Crippen LogP contribution in [-0.2, 0) is 0 Å². The molecular weight excluding hydrogens is 228 g/mol. The quantitative estimate of drug-likeness (QED) is 0.498. The first-order valence-corrected chi connectivity index (χ1v) is 6.46. The van der Waals surface area contributed by atoms with Gasteiger partial charge in [-0.1, -0.05) is 29.8 Å². The van der Waals surface area contributed by atoms with Gasteiger partial charge in [-0.15, -0.1) is 0 Å². The van der Waals surface area contributed by atoms with Crippen LogP contribution in [0.3, 0.4) is 0 Å². The summed E-state index contributed by atoms with van der Waals surface area (Å²) in [6, 6.07) is 0. The second kappa shape index (κ2) is 10.5. The Balaban J connectivity index is 3.33. The summed E-state index contributed by atoms with van der Waals surface area (Å²) in [7, 11) is 0. The summed E-state index contributed by atoms with van der Waals surface area (Å²) in [5, 5.41) is 4.44. The van der Waals surface area contributed by atoms with Gasteiger partial charge in [-0.3, -0.25) is 0 Å². The van der Waals surface area contributed by atoms with Crippen LogP contribution in [0.5, 0.6) is 0 Å². The van der Waals surface area contributed by atoms with E-state index in [1.165, 1.54) is 32.5 Å². The van der Waals surface area contributed by atoms with E-state index in [0.29, 0.717) is 0 Å². The van der Waals surface area contributed by atoms with E-state index in [9.17, 15) is 0 Å². The lowest BCUT2D eigenvalue weighted by Gasteiger charge is -2.20. The maximum Gasteiger partial charge on any atom is 0.0157 e. The molecule has 0 saturated heterocycles. The number of hydrogen-bond donors (Lipinski definition) is 1. The molecule has 0 heterocycles. The zero-order valence-corrected chi connectivity index (χ0v) is 10.6. The van der Waals surface area contributed by atoms with Gasteiger partial charge < -0.3 is 10.2 Å². The lowest BCUT2D eigenvalue weighted by molar-refractivity contribution is 0.275. The Kier molecular flexibility index (Phi) is 10.8. The van der Waals surface area contributed by atoms with Crippen LogP contribution in [0.4, 0.5) is 0 Å². The van der Waals surface area contributed by atoms with Crippen LogP contribution in [0, 0.1) is 0 Å². The average molecular weight is 251 g/mol. The minimum absolute atomic E-state index is 1.05. The smallest absolute Gasteiger partial charge is 0.0157 e. The van der Waals surface area contributed by atoms with E-state index in [1.54, 1.807) is 0 Å². The van der Waals surface area contributed by atoms with Gasteiger partial charge in [0.05, 0.1) is 0 Å². The molecule has 0 saturated carbocycles. The molecule has 0 aliphatic carbocycles. The van der Waals surface area contributed by atoms with Gasteiger partial charge in [0.2, 0.25) is 0 Å². The molecule has 3 heteroatoms. The molecule has 0 aromatic rings. The Morgan fingerprint density at radius 1 is 1.00 bits per heavy atom. The molecular formula is C10H23BrN2. The third-order valence-corrected chi connectivity index (χ3v) is 2.35. The van der Waals surface area contributed by atoms with Crippen molar-refractivity contribution in [2.45, 2.75) is 26.7 Å². The van der Waals surface area contributed by atoms with E-state index >= 15 is 0 Å². The predicted octanol–water partition coefficient (Wildman–Crippen LogP) is 2.09. The van der Waals surface area contributed by atoms with E-state index in [-0.39, 0.29) is 0 Å². The summed E-state index contributed by atoms with van der Waals surface area (Å²) in [4.78, 5) is 2.53. The number of halogens is 1. The van der Waals surface area contributed by atoms with Crippen molar-refractivity contribution in [2.75, 3.05) is 38.1 Å². The van der Waals surface area contributed by atoms with Gasteiger partial charge in [-0.2, -0.15) is 0 Å². The lowest BCUT2D eigenvalue weighted by atomic mass is 10.3. The molecule has 0 unspecified atom stereocenters. The van der Waals surface area contributed by atoms with Gasteiger partial charge in [0.25, 0.3) is 0 Å². The molecule has 0 aliphatic rings. The molecule has 0 fully saturated rings. The van der Waals surface area contributed by atoms with Gasteiger partial charge in [0.15, 0.2) is 0 Å². The number of alkyl halides is 1. The van der Waals surface area contributed by atoms with Crippen molar-refractivity contribution >= 4 is 15.9 Å².